The monoisotopic (exact) mass is 338 g/mol. The maximum Gasteiger partial charge on any atom is 0.225 e. The molecule has 2 aliphatic heterocycles. The smallest absolute Gasteiger partial charge is 0.225 e. The molecule has 3 atom stereocenters. The van der Waals surface area contributed by atoms with Crippen LogP contribution < -0.4 is 5.32 Å². The molecule has 3 rings (SSSR count). The number of hydrogen-bond acceptors (Lipinski definition) is 6. The number of nitrogens with zero attached hydrogens (tertiary/aromatic N) is 3. The van der Waals surface area contributed by atoms with E-state index in [1.165, 1.54) is 0 Å². The van der Waals surface area contributed by atoms with Crippen molar-refractivity contribution in [3.63, 3.8) is 0 Å². The molecule has 0 aliphatic carbocycles. The molecule has 3 heterocycles. The van der Waals surface area contributed by atoms with E-state index in [2.05, 4.69) is 25.5 Å². The number of fused-ring (bicyclic) bond motifs is 2. The molecule has 1 N–H and O–H groups in total. The van der Waals surface area contributed by atoms with Gasteiger partial charge in [0.25, 0.3) is 0 Å². The van der Waals surface area contributed by atoms with Gasteiger partial charge in [0.2, 0.25) is 5.91 Å². The van der Waals surface area contributed by atoms with E-state index < -0.39 is 0 Å². The highest BCUT2D eigenvalue weighted by atomic mass is 32.1. The van der Waals surface area contributed by atoms with Crippen molar-refractivity contribution in [3.8, 4) is 0 Å². The van der Waals surface area contributed by atoms with Crippen LogP contribution in [-0.2, 0) is 16.1 Å². The van der Waals surface area contributed by atoms with Crippen LogP contribution in [0.4, 0.5) is 0 Å². The first-order valence-corrected chi connectivity index (χ1v) is 9.10. The quantitative estimate of drug-likeness (QED) is 0.828. The number of ether oxygens (including phenoxy) is 1. The van der Waals surface area contributed by atoms with Crippen LogP contribution in [0.5, 0.6) is 0 Å². The summed E-state index contributed by atoms with van der Waals surface area (Å²) < 4.78 is 6.00. The minimum atomic E-state index is -0.00988. The Kier molecular flexibility index (Phi) is 5.31. The first-order chi connectivity index (χ1) is 11.0. The molecule has 2 fully saturated rings. The van der Waals surface area contributed by atoms with Gasteiger partial charge in [0, 0.05) is 38.1 Å². The number of morpholine rings is 1. The van der Waals surface area contributed by atoms with Gasteiger partial charge < -0.3 is 15.0 Å². The normalized spacial score (nSPS) is 27.6. The Morgan fingerprint density at radius 3 is 3.04 bits per heavy atom. The van der Waals surface area contributed by atoms with Crippen molar-refractivity contribution in [2.24, 2.45) is 5.92 Å². The lowest BCUT2D eigenvalue weighted by atomic mass is 9.99. The van der Waals surface area contributed by atoms with Crippen LogP contribution in [0.2, 0.25) is 0 Å². The predicted molar refractivity (Wildman–Crippen MR) is 90.5 cm³/mol. The Hall–Kier alpha value is -1.02. The molecule has 0 spiro atoms. The van der Waals surface area contributed by atoms with Gasteiger partial charge in [-0.25, -0.2) is 4.98 Å². The third-order valence-electron chi connectivity index (χ3n) is 4.48. The van der Waals surface area contributed by atoms with Crippen LogP contribution in [0.15, 0.2) is 5.38 Å². The molecule has 7 heteroatoms. The van der Waals surface area contributed by atoms with Crippen molar-refractivity contribution in [1.29, 1.82) is 0 Å². The van der Waals surface area contributed by atoms with E-state index in [9.17, 15) is 4.79 Å². The van der Waals surface area contributed by atoms with Crippen molar-refractivity contribution in [3.05, 3.63) is 16.1 Å². The average molecular weight is 338 g/mol. The molecular formula is C16H26N4O2S. The van der Waals surface area contributed by atoms with Crippen LogP contribution in [0.3, 0.4) is 0 Å². The second-order valence-electron chi connectivity index (χ2n) is 6.78. The van der Waals surface area contributed by atoms with Crippen LogP contribution >= 0.6 is 11.3 Å². The molecule has 1 amide bonds. The van der Waals surface area contributed by atoms with E-state index in [-0.39, 0.29) is 24.0 Å². The van der Waals surface area contributed by atoms with Crippen LogP contribution in [0.1, 0.15) is 17.1 Å². The SMILES string of the molecule is Cc1nc(CN2C[C@H]3C[C@@H](C(=O)NCCN(C)C)[C@@H](C2)O3)cs1. The Bertz CT molecular complexity index is 548. The van der Waals surface area contributed by atoms with E-state index in [1.807, 2.05) is 21.0 Å². The zero-order chi connectivity index (χ0) is 16.4. The number of likely N-dealkylation sites (tertiary alicyclic amines) is 1. The Morgan fingerprint density at radius 2 is 2.35 bits per heavy atom. The highest BCUT2D eigenvalue weighted by Gasteiger charge is 2.44. The fourth-order valence-electron chi connectivity index (χ4n) is 3.39. The first-order valence-electron chi connectivity index (χ1n) is 8.22. The van der Waals surface area contributed by atoms with Gasteiger partial charge in [0.05, 0.1) is 28.8 Å². The summed E-state index contributed by atoms with van der Waals surface area (Å²) in [6.07, 6.45) is 1.04. The van der Waals surface area contributed by atoms with Crippen LogP contribution in [0, 0.1) is 12.8 Å². The van der Waals surface area contributed by atoms with Gasteiger partial charge in [0.15, 0.2) is 0 Å². The van der Waals surface area contributed by atoms with E-state index in [1.54, 1.807) is 11.3 Å². The highest BCUT2D eigenvalue weighted by molar-refractivity contribution is 7.09. The molecule has 2 saturated heterocycles. The molecule has 23 heavy (non-hydrogen) atoms. The zero-order valence-corrected chi connectivity index (χ0v) is 14.9. The van der Waals surface area contributed by atoms with Gasteiger partial charge in [0.1, 0.15) is 0 Å². The summed E-state index contributed by atoms with van der Waals surface area (Å²) in [5.74, 6) is 0.134. The number of hydrogen-bond donors (Lipinski definition) is 1. The van der Waals surface area contributed by atoms with E-state index in [4.69, 9.17) is 4.74 Å². The third-order valence-corrected chi connectivity index (χ3v) is 5.30. The molecule has 128 valence electrons. The number of carbonyl (C=O) groups is 1. The van der Waals surface area contributed by atoms with Crippen molar-refractivity contribution < 1.29 is 9.53 Å². The Morgan fingerprint density at radius 1 is 1.52 bits per heavy atom. The summed E-state index contributed by atoms with van der Waals surface area (Å²) in [5, 5.41) is 6.28. The molecular weight excluding hydrogens is 312 g/mol. The lowest BCUT2D eigenvalue weighted by molar-refractivity contribution is -0.128. The molecule has 0 unspecified atom stereocenters. The summed E-state index contributed by atoms with van der Waals surface area (Å²) in [6.45, 7) is 6.17. The summed E-state index contributed by atoms with van der Waals surface area (Å²) in [5.41, 5.74) is 1.13. The van der Waals surface area contributed by atoms with E-state index >= 15 is 0 Å². The standard InChI is InChI=1S/C16H26N4O2S/c1-11-18-12(10-23-11)7-20-8-13-6-14(15(9-20)22-13)16(21)17-4-5-19(2)3/h10,13-15H,4-9H2,1-3H3,(H,17,21)/t13-,14-,15-/m1/s1. The lowest BCUT2D eigenvalue weighted by Crippen LogP contribution is -2.45. The van der Waals surface area contributed by atoms with Crippen LogP contribution in [0.25, 0.3) is 0 Å². The number of thiazole rings is 1. The van der Waals surface area contributed by atoms with Crippen molar-refractivity contribution in [2.45, 2.75) is 32.1 Å². The number of carbonyl (C=O) groups excluding carboxylic acids is 1. The van der Waals surface area contributed by atoms with Gasteiger partial charge in [-0.3, -0.25) is 9.69 Å². The highest BCUT2D eigenvalue weighted by Crippen LogP contribution is 2.32. The summed E-state index contributed by atoms with van der Waals surface area (Å²) in [6, 6.07) is 0. The molecule has 1 aromatic rings. The fourth-order valence-corrected chi connectivity index (χ4v) is 3.99. The molecule has 0 aromatic carbocycles. The lowest BCUT2D eigenvalue weighted by Gasteiger charge is -2.32. The minimum Gasteiger partial charge on any atom is -0.371 e. The second-order valence-corrected chi connectivity index (χ2v) is 7.85. The number of likely N-dealkylation sites (N-methyl/N-ethyl adjacent to an activating group) is 1. The Balaban J connectivity index is 1.52. The largest absolute Gasteiger partial charge is 0.371 e. The predicted octanol–water partition coefficient (Wildman–Crippen LogP) is 0.719. The van der Waals surface area contributed by atoms with Gasteiger partial charge in [-0.05, 0) is 27.4 Å². The van der Waals surface area contributed by atoms with Crippen LogP contribution in [-0.4, -0.2) is 73.2 Å². The minimum absolute atomic E-state index is 0.00988. The maximum absolute atomic E-state index is 12.4. The average Bonchev–Trinajstić information content (AvgIpc) is 3.01. The van der Waals surface area contributed by atoms with E-state index in [0.29, 0.717) is 6.54 Å². The van der Waals surface area contributed by atoms with Gasteiger partial charge >= 0.3 is 0 Å². The molecule has 1 aromatic heterocycles. The third kappa shape index (κ3) is 4.29. The number of aryl methyl sites for hydroxylation is 1. The topological polar surface area (TPSA) is 57.7 Å². The van der Waals surface area contributed by atoms with Crippen molar-refractivity contribution in [1.82, 2.24) is 20.1 Å². The molecule has 0 radical (unpaired) electrons. The number of aromatic nitrogens is 1. The molecule has 0 saturated carbocycles. The zero-order valence-electron chi connectivity index (χ0n) is 14.1. The summed E-state index contributed by atoms with van der Waals surface area (Å²) in [7, 11) is 4.02. The number of nitrogens with one attached hydrogen (secondary N) is 1. The Labute approximate surface area is 141 Å². The fraction of sp³-hybridized carbons (Fsp3) is 0.750. The number of rotatable bonds is 6. The second kappa shape index (κ2) is 7.25. The van der Waals surface area contributed by atoms with Gasteiger partial charge in [-0.2, -0.15) is 0 Å². The number of amides is 1. The molecule has 6 nitrogen and oxygen atoms in total. The van der Waals surface area contributed by atoms with E-state index in [0.717, 1.165) is 43.3 Å². The summed E-state index contributed by atoms with van der Waals surface area (Å²) >= 11 is 1.69. The van der Waals surface area contributed by atoms with Gasteiger partial charge in [-0.1, -0.05) is 0 Å². The maximum atomic E-state index is 12.4. The molecule has 2 aliphatic rings. The molecule has 2 bridgehead atoms. The summed E-state index contributed by atoms with van der Waals surface area (Å²) in [4.78, 5) is 21.4. The first kappa shape index (κ1) is 16.8. The van der Waals surface area contributed by atoms with Crippen molar-refractivity contribution in [2.75, 3.05) is 40.3 Å². The van der Waals surface area contributed by atoms with Gasteiger partial charge in [-0.15, -0.1) is 11.3 Å². The van der Waals surface area contributed by atoms with Crippen molar-refractivity contribution >= 4 is 17.2 Å².